The summed E-state index contributed by atoms with van der Waals surface area (Å²) in [6.07, 6.45) is 6.52. The van der Waals surface area contributed by atoms with Crippen LogP contribution in [0.15, 0.2) is 0 Å². The van der Waals surface area contributed by atoms with Gasteiger partial charge in [0.15, 0.2) is 0 Å². The van der Waals surface area contributed by atoms with Crippen molar-refractivity contribution in [1.29, 1.82) is 0 Å². The lowest BCUT2D eigenvalue weighted by atomic mass is 10.1. The van der Waals surface area contributed by atoms with E-state index in [1.54, 1.807) is 0 Å². The fourth-order valence-electron chi connectivity index (χ4n) is 2.51. The Balaban J connectivity index is 2.22. The summed E-state index contributed by atoms with van der Waals surface area (Å²) >= 11 is 0. The number of hydrogen-bond donors (Lipinski definition) is 2. The number of nitrogens with one attached hydrogen (secondary N) is 1. The summed E-state index contributed by atoms with van der Waals surface area (Å²) in [5.74, 6) is 0.439. The fraction of sp³-hybridized carbons (Fsp3) is 0.929. The normalized spacial score (nSPS) is 25.1. The second-order valence-electron chi connectivity index (χ2n) is 5.24. The molecule has 0 aromatic rings. The maximum atomic E-state index is 11.8. The summed E-state index contributed by atoms with van der Waals surface area (Å²) in [7, 11) is 0. The molecule has 18 heavy (non-hydrogen) atoms. The molecule has 4 nitrogen and oxygen atoms in total. The molecule has 0 aromatic heterocycles. The molecule has 4 heteroatoms. The first kappa shape index (κ1) is 15.4. The van der Waals surface area contributed by atoms with E-state index in [0.29, 0.717) is 12.5 Å². The zero-order valence-corrected chi connectivity index (χ0v) is 11.8. The van der Waals surface area contributed by atoms with Crippen LogP contribution in [0.1, 0.15) is 52.4 Å². The third-order valence-electron chi connectivity index (χ3n) is 3.72. The van der Waals surface area contributed by atoms with E-state index in [1.807, 2.05) is 6.92 Å². The van der Waals surface area contributed by atoms with Crippen LogP contribution in [0.25, 0.3) is 0 Å². The van der Waals surface area contributed by atoms with Gasteiger partial charge >= 0.3 is 0 Å². The van der Waals surface area contributed by atoms with Crippen LogP contribution in [0.2, 0.25) is 0 Å². The first-order chi connectivity index (χ1) is 8.69. The van der Waals surface area contributed by atoms with Crippen LogP contribution in [-0.2, 0) is 9.53 Å². The highest BCUT2D eigenvalue weighted by Gasteiger charge is 2.29. The van der Waals surface area contributed by atoms with Crippen LogP contribution < -0.4 is 11.1 Å². The predicted octanol–water partition coefficient (Wildman–Crippen LogP) is 1.83. The van der Waals surface area contributed by atoms with Gasteiger partial charge in [0, 0.05) is 6.54 Å². The number of hydrogen-bond acceptors (Lipinski definition) is 3. The van der Waals surface area contributed by atoms with Crippen LogP contribution in [-0.4, -0.2) is 31.2 Å². The molecule has 0 heterocycles. The Labute approximate surface area is 111 Å². The van der Waals surface area contributed by atoms with Crippen LogP contribution in [0, 0.1) is 5.92 Å². The molecule has 0 aliphatic heterocycles. The number of unbranched alkanes of at least 4 members (excludes halogenated alkanes) is 2. The monoisotopic (exact) mass is 256 g/mol. The molecule has 0 aromatic carbocycles. The Morgan fingerprint density at radius 1 is 1.44 bits per heavy atom. The van der Waals surface area contributed by atoms with Gasteiger partial charge in [-0.15, -0.1) is 0 Å². The van der Waals surface area contributed by atoms with Gasteiger partial charge in [0.2, 0.25) is 5.91 Å². The second-order valence-corrected chi connectivity index (χ2v) is 5.24. The second kappa shape index (κ2) is 8.48. The van der Waals surface area contributed by atoms with Gasteiger partial charge in [0.1, 0.15) is 6.10 Å². The van der Waals surface area contributed by atoms with Crippen molar-refractivity contribution in [2.75, 3.05) is 13.1 Å². The first-order valence-corrected chi connectivity index (χ1v) is 7.32. The highest BCUT2D eigenvalue weighted by molar-refractivity contribution is 5.80. The molecule has 0 saturated heterocycles. The van der Waals surface area contributed by atoms with E-state index in [4.69, 9.17) is 10.5 Å². The molecule has 3 N–H and O–H groups in total. The van der Waals surface area contributed by atoms with Crippen molar-refractivity contribution in [2.45, 2.75) is 64.6 Å². The number of carbonyl (C=O) groups excluding carboxylic acids is 1. The average molecular weight is 256 g/mol. The van der Waals surface area contributed by atoms with Crippen molar-refractivity contribution in [2.24, 2.45) is 11.7 Å². The summed E-state index contributed by atoms with van der Waals surface area (Å²) in [5, 5.41) is 2.93. The Kier molecular flexibility index (Phi) is 7.28. The zero-order chi connectivity index (χ0) is 13.4. The summed E-state index contributed by atoms with van der Waals surface area (Å²) in [4.78, 5) is 11.8. The van der Waals surface area contributed by atoms with E-state index in [1.165, 1.54) is 6.42 Å². The van der Waals surface area contributed by atoms with Crippen molar-refractivity contribution in [3.63, 3.8) is 0 Å². The third-order valence-corrected chi connectivity index (χ3v) is 3.72. The maximum Gasteiger partial charge on any atom is 0.248 e. The van der Waals surface area contributed by atoms with Crippen molar-refractivity contribution in [1.82, 2.24) is 5.32 Å². The van der Waals surface area contributed by atoms with Crippen LogP contribution in [0.4, 0.5) is 0 Å². The SMILES string of the molecule is CCCCCNC(=O)C(C)OC1CCCC1CN. The molecular formula is C14H28N2O2. The summed E-state index contributed by atoms with van der Waals surface area (Å²) < 4.78 is 5.84. The van der Waals surface area contributed by atoms with E-state index in [-0.39, 0.29) is 18.1 Å². The Hall–Kier alpha value is -0.610. The van der Waals surface area contributed by atoms with Gasteiger partial charge in [-0.2, -0.15) is 0 Å². The van der Waals surface area contributed by atoms with Gasteiger partial charge < -0.3 is 15.8 Å². The van der Waals surface area contributed by atoms with Gasteiger partial charge in [-0.05, 0) is 38.6 Å². The minimum absolute atomic E-state index is 0.00812. The van der Waals surface area contributed by atoms with Crippen LogP contribution in [0.3, 0.4) is 0 Å². The number of amides is 1. The van der Waals surface area contributed by atoms with Gasteiger partial charge in [-0.3, -0.25) is 4.79 Å². The number of carbonyl (C=O) groups is 1. The van der Waals surface area contributed by atoms with E-state index in [0.717, 1.165) is 38.6 Å². The summed E-state index contributed by atoms with van der Waals surface area (Å²) in [6, 6.07) is 0. The van der Waals surface area contributed by atoms with Crippen molar-refractivity contribution in [3.05, 3.63) is 0 Å². The molecule has 0 bridgehead atoms. The lowest BCUT2D eigenvalue weighted by Gasteiger charge is -2.22. The number of rotatable bonds is 8. The lowest BCUT2D eigenvalue weighted by Crippen LogP contribution is -2.39. The van der Waals surface area contributed by atoms with Crippen molar-refractivity contribution in [3.8, 4) is 0 Å². The summed E-state index contributed by atoms with van der Waals surface area (Å²) in [5.41, 5.74) is 5.71. The Bertz CT molecular complexity index is 246. The van der Waals surface area contributed by atoms with Crippen LogP contribution in [0.5, 0.6) is 0 Å². The average Bonchev–Trinajstić information content (AvgIpc) is 2.81. The van der Waals surface area contributed by atoms with Gasteiger partial charge in [-0.1, -0.05) is 26.2 Å². The highest BCUT2D eigenvalue weighted by atomic mass is 16.5. The van der Waals surface area contributed by atoms with Gasteiger partial charge in [0.25, 0.3) is 0 Å². The molecule has 0 spiro atoms. The topological polar surface area (TPSA) is 64.3 Å². The number of ether oxygens (including phenoxy) is 1. The Morgan fingerprint density at radius 2 is 2.22 bits per heavy atom. The maximum absolute atomic E-state index is 11.8. The van der Waals surface area contributed by atoms with Gasteiger partial charge in [-0.25, -0.2) is 0 Å². The molecule has 0 radical (unpaired) electrons. The Morgan fingerprint density at radius 3 is 2.89 bits per heavy atom. The minimum Gasteiger partial charge on any atom is -0.365 e. The molecule has 106 valence electrons. The molecule has 1 rings (SSSR count). The van der Waals surface area contributed by atoms with E-state index < -0.39 is 0 Å². The molecular weight excluding hydrogens is 228 g/mol. The van der Waals surface area contributed by atoms with E-state index in [2.05, 4.69) is 12.2 Å². The molecule has 1 aliphatic carbocycles. The molecule has 1 aliphatic rings. The first-order valence-electron chi connectivity index (χ1n) is 7.32. The number of nitrogens with two attached hydrogens (primary N) is 1. The van der Waals surface area contributed by atoms with E-state index >= 15 is 0 Å². The standard InChI is InChI=1S/C14H28N2O2/c1-3-4-5-9-16-14(17)11(2)18-13-8-6-7-12(13)10-15/h11-13H,3-10,15H2,1-2H3,(H,16,17). The zero-order valence-electron chi connectivity index (χ0n) is 11.8. The fourth-order valence-corrected chi connectivity index (χ4v) is 2.51. The predicted molar refractivity (Wildman–Crippen MR) is 73.3 cm³/mol. The summed E-state index contributed by atoms with van der Waals surface area (Å²) in [6.45, 7) is 5.41. The highest BCUT2D eigenvalue weighted by Crippen LogP contribution is 2.28. The van der Waals surface area contributed by atoms with E-state index in [9.17, 15) is 4.79 Å². The van der Waals surface area contributed by atoms with Gasteiger partial charge in [0.05, 0.1) is 6.10 Å². The van der Waals surface area contributed by atoms with Crippen molar-refractivity contribution < 1.29 is 9.53 Å². The molecule has 3 atom stereocenters. The van der Waals surface area contributed by atoms with Crippen molar-refractivity contribution >= 4 is 5.91 Å². The quantitative estimate of drug-likeness (QED) is 0.651. The lowest BCUT2D eigenvalue weighted by molar-refractivity contribution is -0.136. The molecule has 1 amide bonds. The van der Waals surface area contributed by atoms with Crippen LogP contribution >= 0.6 is 0 Å². The molecule has 1 fully saturated rings. The largest absolute Gasteiger partial charge is 0.365 e. The molecule has 3 unspecified atom stereocenters. The third kappa shape index (κ3) is 4.94. The molecule has 1 saturated carbocycles. The minimum atomic E-state index is -0.358. The smallest absolute Gasteiger partial charge is 0.248 e.